The zero-order valence-corrected chi connectivity index (χ0v) is 13.9. The second kappa shape index (κ2) is 5.06. The molecule has 1 saturated heterocycles. The van der Waals surface area contributed by atoms with Gasteiger partial charge in [-0.25, -0.2) is 12.7 Å². The third-order valence-electron chi connectivity index (χ3n) is 5.78. The molecule has 4 rings (SSSR count). The Morgan fingerprint density at radius 3 is 2.68 bits per heavy atom. The van der Waals surface area contributed by atoms with Crippen LogP contribution in [0.3, 0.4) is 0 Å². The summed E-state index contributed by atoms with van der Waals surface area (Å²) in [5.74, 6) is 0.897. The van der Waals surface area contributed by atoms with Gasteiger partial charge in [-0.2, -0.15) is 0 Å². The average Bonchev–Trinajstić information content (AvgIpc) is 3.13. The van der Waals surface area contributed by atoms with Gasteiger partial charge in [0, 0.05) is 38.5 Å². The zero-order valence-electron chi connectivity index (χ0n) is 13.1. The van der Waals surface area contributed by atoms with Gasteiger partial charge in [-0.05, 0) is 42.7 Å². The highest BCUT2D eigenvalue weighted by atomic mass is 32.2. The van der Waals surface area contributed by atoms with E-state index in [1.54, 1.807) is 4.31 Å². The Bertz CT molecular complexity index is 636. The van der Waals surface area contributed by atoms with E-state index in [0.29, 0.717) is 25.4 Å². The Morgan fingerprint density at radius 2 is 2.00 bits per heavy atom. The number of carbonyl (C=O) groups excluding carboxylic acids is 1. The van der Waals surface area contributed by atoms with Crippen LogP contribution in [0.1, 0.15) is 39.0 Å². The molecule has 0 unspecified atom stereocenters. The summed E-state index contributed by atoms with van der Waals surface area (Å²) < 4.78 is 27.3. The molecule has 1 amide bonds. The van der Waals surface area contributed by atoms with Crippen molar-refractivity contribution in [2.45, 2.75) is 44.3 Å². The SMILES string of the molecule is CCC(=O)N1CC2=C(C1)[C@@H]1CN(CC3CC3)S(=O)(=O)[C@@H]1CC2. The molecule has 2 aliphatic heterocycles. The minimum absolute atomic E-state index is 0.127. The highest BCUT2D eigenvalue weighted by Gasteiger charge is 2.51. The lowest BCUT2D eigenvalue weighted by Crippen LogP contribution is -2.32. The van der Waals surface area contributed by atoms with Crippen LogP contribution < -0.4 is 0 Å². The van der Waals surface area contributed by atoms with Crippen molar-refractivity contribution in [1.29, 1.82) is 0 Å². The largest absolute Gasteiger partial charge is 0.335 e. The van der Waals surface area contributed by atoms with Crippen molar-refractivity contribution >= 4 is 15.9 Å². The number of hydrogen-bond donors (Lipinski definition) is 0. The van der Waals surface area contributed by atoms with E-state index in [-0.39, 0.29) is 17.1 Å². The van der Waals surface area contributed by atoms with Crippen LogP contribution in [0.25, 0.3) is 0 Å². The zero-order chi connectivity index (χ0) is 15.5. The van der Waals surface area contributed by atoms with E-state index in [0.717, 1.165) is 25.9 Å². The van der Waals surface area contributed by atoms with Crippen molar-refractivity contribution in [3.63, 3.8) is 0 Å². The third kappa shape index (κ3) is 2.22. The standard InChI is InChI=1S/C16H24N2O3S/c1-2-16(19)17-8-12-5-6-15-14(13(12)9-17)10-18(22(15,20)21)7-11-3-4-11/h11,14-15H,2-10H2,1H3/t14-,15+/m0/s1. The number of fused-ring (bicyclic) bond motifs is 2. The molecule has 2 fully saturated rings. The van der Waals surface area contributed by atoms with Crippen LogP contribution in [-0.2, 0) is 14.8 Å². The molecular formula is C16H24N2O3S. The Balaban J connectivity index is 1.57. The first kappa shape index (κ1) is 14.7. The molecule has 6 heteroatoms. The molecule has 0 spiro atoms. The number of carbonyl (C=O) groups is 1. The van der Waals surface area contributed by atoms with Crippen molar-refractivity contribution < 1.29 is 13.2 Å². The summed E-state index contributed by atoms with van der Waals surface area (Å²) in [5.41, 5.74) is 2.60. The van der Waals surface area contributed by atoms with Crippen LogP contribution in [0.2, 0.25) is 0 Å². The van der Waals surface area contributed by atoms with Crippen LogP contribution in [-0.4, -0.2) is 55.0 Å². The van der Waals surface area contributed by atoms with Gasteiger partial charge in [0.25, 0.3) is 0 Å². The highest BCUT2D eigenvalue weighted by Crippen LogP contribution is 2.45. The van der Waals surface area contributed by atoms with Gasteiger partial charge in [-0.1, -0.05) is 6.92 Å². The number of nitrogens with zero attached hydrogens (tertiary/aromatic N) is 2. The number of sulfonamides is 1. The molecule has 0 aromatic heterocycles. The van der Waals surface area contributed by atoms with Gasteiger partial charge in [0.05, 0.1) is 5.25 Å². The first-order chi connectivity index (χ1) is 10.5. The van der Waals surface area contributed by atoms with Gasteiger partial charge in [0.2, 0.25) is 15.9 Å². The Labute approximate surface area is 132 Å². The lowest BCUT2D eigenvalue weighted by Gasteiger charge is -2.24. The maximum atomic E-state index is 12.8. The molecule has 0 aromatic rings. The average molecular weight is 324 g/mol. The van der Waals surface area contributed by atoms with Gasteiger partial charge < -0.3 is 4.90 Å². The molecule has 1 saturated carbocycles. The minimum atomic E-state index is -3.13. The first-order valence-corrected chi connectivity index (χ1v) is 9.98. The lowest BCUT2D eigenvalue weighted by atomic mass is 9.84. The van der Waals surface area contributed by atoms with E-state index < -0.39 is 10.0 Å². The quantitative estimate of drug-likeness (QED) is 0.737. The van der Waals surface area contributed by atoms with Crippen LogP contribution >= 0.6 is 0 Å². The third-order valence-corrected chi connectivity index (χ3v) is 8.13. The predicted molar refractivity (Wildman–Crippen MR) is 83.6 cm³/mol. The normalized spacial score (nSPS) is 34.0. The van der Waals surface area contributed by atoms with Crippen molar-refractivity contribution in [3.8, 4) is 0 Å². The summed E-state index contributed by atoms with van der Waals surface area (Å²) in [6.07, 6.45) is 4.46. The molecule has 122 valence electrons. The summed E-state index contributed by atoms with van der Waals surface area (Å²) >= 11 is 0. The maximum Gasteiger partial charge on any atom is 0.222 e. The van der Waals surface area contributed by atoms with Crippen LogP contribution in [0.5, 0.6) is 0 Å². The van der Waals surface area contributed by atoms with Gasteiger partial charge in [-0.3, -0.25) is 4.79 Å². The topological polar surface area (TPSA) is 57.7 Å². The van der Waals surface area contributed by atoms with Crippen LogP contribution in [0.4, 0.5) is 0 Å². The summed E-state index contributed by atoms with van der Waals surface area (Å²) in [6.45, 7) is 4.65. The fraction of sp³-hybridized carbons (Fsp3) is 0.812. The van der Waals surface area contributed by atoms with E-state index in [9.17, 15) is 13.2 Å². The number of hydrogen-bond acceptors (Lipinski definition) is 3. The number of rotatable bonds is 3. The van der Waals surface area contributed by atoms with Crippen LogP contribution in [0.15, 0.2) is 11.1 Å². The van der Waals surface area contributed by atoms with E-state index in [1.165, 1.54) is 24.0 Å². The molecule has 0 radical (unpaired) electrons. The molecule has 0 aromatic carbocycles. The molecule has 0 bridgehead atoms. The van der Waals surface area contributed by atoms with E-state index in [4.69, 9.17) is 0 Å². The van der Waals surface area contributed by atoms with Gasteiger partial charge >= 0.3 is 0 Å². The Morgan fingerprint density at radius 1 is 1.23 bits per heavy atom. The predicted octanol–water partition coefficient (Wildman–Crippen LogP) is 1.37. The lowest BCUT2D eigenvalue weighted by molar-refractivity contribution is -0.129. The van der Waals surface area contributed by atoms with Crippen LogP contribution in [0, 0.1) is 11.8 Å². The van der Waals surface area contributed by atoms with E-state index in [1.807, 2.05) is 11.8 Å². The molecule has 4 aliphatic rings. The first-order valence-electron chi connectivity index (χ1n) is 8.48. The summed E-state index contributed by atoms with van der Waals surface area (Å²) in [5, 5.41) is -0.235. The summed E-state index contributed by atoms with van der Waals surface area (Å²) in [6, 6.07) is 0. The molecule has 2 atom stereocenters. The van der Waals surface area contributed by atoms with Crippen molar-refractivity contribution in [2.24, 2.45) is 11.8 Å². The van der Waals surface area contributed by atoms with Gasteiger partial charge in [0.15, 0.2) is 0 Å². The van der Waals surface area contributed by atoms with Crippen molar-refractivity contribution in [1.82, 2.24) is 9.21 Å². The fourth-order valence-electron chi connectivity index (χ4n) is 4.33. The molecule has 2 aliphatic carbocycles. The summed E-state index contributed by atoms with van der Waals surface area (Å²) in [4.78, 5) is 13.9. The number of amides is 1. The maximum absolute atomic E-state index is 12.8. The molecule has 5 nitrogen and oxygen atoms in total. The molecule has 2 heterocycles. The molecule has 0 N–H and O–H groups in total. The monoisotopic (exact) mass is 324 g/mol. The molecular weight excluding hydrogens is 300 g/mol. The summed E-state index contributed by atoms with van der Waals surface area (Å²) in [7, 11) is -3.13. The highest BCUT2D eigenvalue weighted by molar-refractivity contribution is 7.90. The second-order valence-electron chi connectivity index (χ2n) is 7.22. The van der Waals surface area contributed by atoms with E-state index >= 15 is 0 Å². The minimum Gasteiger partial charge on any atom is -0.335 e. The van der Waals surface area contributed by atoms with Gasteiger partial charge in [-0.15, -0.1) is 0 Å². The molecule has 22 heavy (non-hydrogen) atoms. The Kier molecular flexibility index (Phi) is 3.38. The van der Waals surface area contributed by atoms with E-state index in [2.05, 4.69) is 0 Å². The van der Waals surface area contributed by atoms with Crippen molar-refractivity contribution in [3.05, 3.63) is 11.1 Å². The Hall–Kier alpha value is -0.880. The smallest absolute Gasteiger partial charge is 0.222 e. The second-order valence-corrected chi connectivity index (χ2v) is 9.37. The fourth-order valence-corrected chi connectivity index (χ4v) is 6.58. The van der Waals surface area contributed by atoms with Gasteiger partial charge in [0.1, 0.15) is 0 Å². The van der Waals surface area contributed by atoms with Crippen molar-refractivity contribution in [2.75, 3.05) is 26.2 Å².